The number of nitrogens with zero attached hydrogens (tertiary/aromatic N) is 2. The van der Waals surface area contributed by atoms with Gasteiger partial charge in [0, 0.05) is 12.4 Å². The minimum atomic E-state index is -0.291. The zero-order valence-corrected chi connectivity index (χ0v) is 16.2. The van der Waals surface area contributed by atoms with Crippen LogP contribution < -0.4 is 10.3 Å². The summed E-state index contributed by atoms with van der Waals surface area (Å²) in [5.41, 5.74) is 0.654. The molecule has 4 rings (SSSR count). The number of hydrogen-bond donors (Lipinski definition) is 0. The highest BCUT2D eigenvalue weighted by Crippen LogP contribution is 2.21. The molecule has 0 saturated carbocycles. The molecule has 1 atom stereocenters. The van der Waals surface area contributed by atoms with E-state index in [0.717, 1.165) is 19.4 Å². The summed E-state index contributed by atoms with van der Waals surface area (Å²) < 4.78 is 26.1. The molecule has 0 N–H and O–H groups in total. The highest BCUT2D eigenvalue weighted by atomic mass is 32.2. The van der Waals surface area contributed by atoms with E-state index in [1.165, 1.54) is 23.9 Å². The van der Waals surface area contributed by atoms with Crippen molar-refractivity contribution in [2.24, 2.45) is 0 Å². The molecule has 5 nitrogen and oxygen atoms in total. The maximum atomic E-state index is 13.0. The largest absolute Gasteiger partial charge is 0.493 e. The number of aromatic nitrogens is 2. The first kappa shape index (κ1) is 19.0. The van der Waals surface area contributed by atoms with Crippen LogP contribution in [0.25, 0.3) is 10.9 Å². The zero-order valence-electron chi connectivity index (χ0n) is 15.3. The molecule has 7 heteroatoms. The number of halogens is 1. The average Bonchev–Trinajstić information content (AvgIpc) is 3.22. The SMILES string of the molecule is O=c1c2ccccc2nc(SCCOc2ccc(F)cc2)n1C[C@@H]1CCCO1. The highest BCUT2D eigenvalue weighted by Gasteiger charge is 2.20. The normalized spacial score (nSPS) is 16.5. The van der Waals surface area contributed by atoms with Gasteiger partial charge < -0.3 is 9.47 Å². The van der Waals surface area contributed by atoms with Gasteiger partial charge in [0.1, 0.15) is 11.6 Å². The third kappa shape index (κ3) is 4.36. The van der Waals surface area contributed by atoms with Crippen molar-refractivity contribution in [3.05, 3.63) is 64.7 Å². The molecule has 0 aliphatic carbocycles. The van der Waals surface area contributed by atoms with Crippen molar-refractivity contribution in [3.8, 4) is 5.75 Å². The van der Waals surface area contributed by atoms with Gasteiger partial charge in [-0.05, 0) is 49.2 Å². The minimum absolute atomic E-state index is 0.0388. The molecule has 0 spiro atoms. The maximum Gasteiger partial charge on any atom is 0.262 e. The molecular weight excluding hydrogens is 379 g/mol. The fraction of sp³-hybridized carbons (Fsp3) is 0.333. The summed E-state index contributed by atoms with van der Waals surface area (Å²) in [6.45, 7) is 1.69. The van der Waals surface area contributed by atoms with E-state index in [-0.39, 0.29) is 17.5 Å². The topological polar surface area (TPSA) is 53.3 Å². The first-order chi connectivity index (χ1) is 13.7. The third-order valence-electron chi connectivity index (χ3n) is 4.63. The van der Waals surface area contributed by atoms with Crippen molar-refractivity contribution in [3.63, 3.8) is 0 Å². The molecule has 1 aliphatic heterocycles. The van der Waals surface area contributed by atoms with E-state index < -0.39 is 0 Å². The Hall–Kier alpha value is -2.38. The van der Waals surface area contributed by atoms with Crippen LogP contribution in [0.4, 0.5) is 4.39 Å². The van der Waals surface area contributed by atoms with E-state index in [0.29, 0.717) is 40.7 Å². The zero-order chi connectivity index (χ0) is 19.3. The van der Waals surface area contributed by atoms with E-state index in [1.54, 1.807) is 16.7 Å². The van der Waals surface area contributed by atoms with E-state index in [4.69, 9.17) is 14.5 Å². The van der Waals surface area contributed by atoms with Crippen molar-refractivity contribution in [2.45, 2.75) is 30.6 Å². The Labute approximate surface area is 166 Å². The van der Waals surface area contributed by atoms with Gasteiger partial charge in [0.15, 0.2) is 5.16 Å². The molecule has 3 aromatic rings. The number of thioether (sulfide) groups is 1. The Morgan fingerprint density at radius 3 is 2.82 bits per heavy atom. The van der Waals surface area contributed by atoms with E-state index in [1.807, 2.05) is 24.3 Å². The van der Waals surface area contributed by atoms with E-state index in [9.17, 15) is 9.18 Å². The second-order valence-electron chi connectivity index (χ2n) is 6.61. The molecule has 1 aliphatic rings. The number of hydrogen-bond acceptors (Lipinski definition) is 5. The first-order valence-corrected chi connectivity index (χ1v) is 10.3. The Morgan fingerprint density at radius 2 is 2.04 bits per heavy atom. The summed E-state index contributed by atoms with van der Waals surface area (Å²) in [4.78, 5) is 17.7. The second kappa shape index (κ2) is 8.75. The van der Waals surface area contributed by atoms with Crippen LogP contribution in [0.5, 0.6) is 5.75 Å². The van der Waals surface area contributed by atoms with Crippen LogP contribution in [0.15, 0.2) is 58.5 Å². The van der Waals surface area contributed by atoms with Gasteiger partial charge in [0.05, 0.1) is 30.2 Å². The predicted molar refractivity (Wildman–Crippen MR) is 108 cm³/mol. The van der Waals surface area contributed by atoms with Crippen LogP contribution in [-0.2, 0) is 11.3 Å². The number of fused-ring (bicyclic) bond motifs is 1. The fourth-order valence-electron chi connectivity index (χ4n) is 3.23. The van der Waals surface area contributed by atoms with Gasteiger partial charge in [-0.25, -0.2) is 9.37 Å². The molecule has 1 saturated heterocycles. The van der Waals surface area contributed by atoms with Gasteiger partial charge in [-0.1, -0.05) is 23.9 Å². The smallest absolute Gasteiger partial charge is 0.262 e. The molecule has 2 heterocycles. The average molecular weight is 400 g/mol. The second-order valence-corrected chi connectivity index (χ2v) is 7.68. The van der Waals surface area contributed by atoms with Crippen LogP contribution in [0.3, 0.4) is 0 Å². The number of para-hydroxylation sites is 1. The van der Waals surface area contributed by atoms with Crippen LogP contribution in [0.2, 0.25) is 0 Å². The Morgan fingerprint density at radius 1 is 1.21 bits per heavy atom. The van der Waals surface area contributed by atoms with Crippen molar-refractivity contribution >= 4 is 22.7 Å². The van der Waals surface area contributed by atoms with Crippen molar-refractivity contribution in [1.82, 2.24) is 9.55 Å². The highest BCUT2D eigenvalue weighted by molar-refractivity contribution is 7.99. The summed E-state index contributed by atoms with van der Waals surface area (Å²) in [5, 5.41) is 1.29. The molecule has 0 amide bonds. The van der Waals surface area contributed by atoms with Crippen molar-refractivity contribution < 1.29 is 13.9 Å². The monoisotopic (exact) mass is 400 g/mol. The Balaban J connectivity index is 1.50. The van der Waals surface area contributed by atoms with Crippen LogP contribution in [0, 0.1) is 5.82 Å². The van der Waals surface area contributed by atoms with Gasteiger partial charge in [-0.2, -0.15) is 0 Å². The summed E-state index contributed by atoms with van der Waals surface area (Å²) in [6.07, 6.45) is 2.03. The molecule has 146 valence electrons. The van der Waals surface area contributed by atoms with Gasteiger partial charge in [0.2, 0.25) is 0 Å². The molecule has 1 aromatic heterocycles. The predicted octanol–water partition coefficient (Wildman–Crippen LogP) is 3.89. The van der Waals surface area contributed by atoms with E-state index >= 15 is 0 Å². The van der Waals surface area contributed by atoms with Gasteiger partial charge in [-0.15, -0.1) is 0 Å². The molecule has 28 heavy (non-hydrogen) atoms. The molecule has 2 aromatic carbocycles. The van der Waals surface area contributed by atoms with Crippen LogP contribution in [-0.4, -0.2) is 34.6 Å². The van der Waals surface area contributed by atoms with Gasteiger partial charge in [-0.3, -0.25) is 9.36 Å². The summed E-state index contributed by atoms with van der Waals surface area (Å²) >= 11 is 1.48. The summed E-state index contributed by atoms with van der Waals surface area (Å²) in [7, 11) is 0. The number of ether oxygens (including phenoxy) is 2. The molecule has 0 bridgehead atoms. The quantitative estimate of drug-likeness (QED) is 0.342. The van der Waals surface area contributed by atoms with Crippen LogP contribution in [0.1, 0.15) is 12.8 Å². The lowest BCUT2D eigenvalue weighted by Gasteiger charge is -2.16. The Bertz CT molecular complexity index is 1000. The maximum absolute atomic E-state index is 13.0. The minimum Gasteiger partial charge on any atom is -0.493 e. The molecule has 0 unspecified atom stereocenters. The first-order valence-electron chi connectivity index (χ1n) is 9.33. The van der Waals surface area contributed by atoms with Crippen LogP contribution >= 0.6 is 11.8 Å². The van der Waals surface area contributed by atoms with Crippen molar-refractivity contribution in [2.75, 3.05) is 19.0 Å². The van der Waals surface area contributed by atoms with Crippen molar-refractivity contribution in [1.29, 1.82) is 0 Å². The van der Waals surface area contributed by atoms with Gasteiger partial charge >= 0.3 is 0 Å². The Kier molecular flexibility index (Phi) is 5.92. The molecular formula is C21H21FN2O3S. The number of rotatable bonds is 7. The lowest BCUT2D eigenvalue weighted by Crippen LogP contribution is -2.29. The lowest BCUT2D eigenvalue weighted by atomic mass is 10.2. The summed E-state index contributed by atoms with van der Waals surface area (Å²) in [5.74, 6) is 0.943. The number of benzene rings is 2. The van der Waals surface area contributed by atoms with Gasteiger partial charge in [0.25, 0.3) is 5.56 Å². The standard InChI is InChI=1S/C21H21FN2O3S/c22-15-7-9-16(10-8-15)27-12-13-28-21-23-19-6-2-1-5-18(19)20(25)24(21)14-17-4-3-11-26-17/h1-2,5-10,17H,3-4,11-14H2/t17-/m0/s1. The fourth-order valence-corrected chi connectivity index (χ4v) is 4.06. The molecule has 1 fully saturated rings. The van der Waals surface area contributed by atoms with E-state index in [2.05, 4.69) is 0 Å². The summed E-state index contributed by atoms with van der Waals surface area (Å²) in [6, 6.07) is 13.3. The third-order valence-corrected chi connectivity index (χ3v) is 5.57. The molecule has 0 radical (unpaired) electrons. The lowest BCUT2D eigenvalue weighted by molar-refractivity contribution is 0.0937.